The molecule has 1 aliphatic heterocycles. The molecule has 0 bridgehead atoms. The van der Waals surface area contributed by atoms with Crippen LogP contribution < -0.4 is 9.47 Å². The normalized spacial score (nSPS) is 14.2. The quantitative estimate of drug-likeness (QED) is 0.850. The summed E-state index contributed by atoms with van der Waals surface area (Å²) in [6.45, 7) is 4.11. The molecule has 1 aliphatic rings. The molecule has 4 nitrogen and oxygen atoms in total. The lowest BCUT2D eigenvalue weighted by atomic mass is 9.95. The fourth-order valence-corrected chi connectivity index (χ4v) is 1.80. The summed E-state index contributed by atoms with van der Waals surface area (Å²) >= 11 is 0. The SMILES string of the molecule is COCc1ccc(C(C)(C)O)c2c1OCO2. The summed E-state index contributed by atoms with van der Waals surface area (Å²) in [7, 11) is 1.63. The molecular formula is C12H16O4. The molecule has 1 aromatic rings. The third-order valence-electron chi connectivity index (χ3n) is 2.56. The Labute approximate surface area is 94.8 Å². The van der Waals surface area contributed by atoms with Crippen LogP contribution in [-0.2, 0) is 16.9 Å². The van der Waals surface area contributed by atoms with Gasteiger partial charge in [0.25, 0.3) is 0 Å². The number of ether oxygens (including phenoxy) is 3. The summed E-state index contributed by atoms with van der Waals surface area (Å²) in [4.78, 5) is 0. The van der Waals surface area contributed by atoms with Crippen molar-refractivity contribution in [3.63, 3.8) is 0 Å². The van der Waals surface area contributed by atoms with E-state index >= 15 is 0 Å². The van der Waals surface area contributed by atoms with Gasteiger partial charge in [-0.05, 0) is 13.8 Å². The third kappa shape index (κ3) is 1.86. The Morgan fingerprint density at radius 3 is 2.62 bits per heavy atom. The zero-order valence-electron chi connectivity index (χ0n) is 9.74. The molecule has 0 radical (unpaired) electrons. The Bertz CT molecular complexity index is 393. The maximum atomic E-state index is 10.0. The molecule has 0 unspecified atom stereocenters. The van der Waals surface area contributed by atoms with Crippen LogP contribution in [0.4, 0.5) is 0 Å². The average Bonchev–Trinajstić information content (AvgIpc) is 2.65. The van der Waals surface area contributed by atoms with Crippen molar-refractivity contribution in [2.75, 3.05) is 13.9 Å². The van der Waals surface area contributed by atoms with E-state index in [9.17, 15) is 5.11 Å². The second-order valence-corrected chi connectivity index (χ2v) is 4.33. The lowest BCUT2D eigenvalue weighted by molar-refractivity contribution is 0.0744. The van der Waals surface area contributed by atoms with Crippen molar-refractivity contribution < 1.29 is 19.3 Å². The zero-order valence-corrected chi connectivity index (χ0v) is 9.74. The highest BCUT2D eigenvalue weighted by atomic mass is 16.7. The molecule has 1 N–H and O–H groups in total. The van der Waals surface area contributed by atoms with E-state index in [1.807, 2.05) is 12.1 Å². The predicted molar refractivity (Wildman–Crippen MR) is 58.5 cm³/mol. The van der Waals surface area contributed by atoms with Crippen LogP contribution in [0.3, 0.4) is 0 Å². The average molecular weight is 224 g/mol. The van der Waals surface area contributed by atoms with Crippen LogP contribution in [-0.4, -0.2) is 19.0 Å². The predicted octanol–water partition coefficient (Wildman–Crippen LogP) is 1.79. The van der Waals surface area contributed by atoms with Crippen molar-refractivity contribution in [3.8, 4) is 11.5 Å². The number of hydrogen-bond acceptors (Lipinski definition) is 4. The number of aliphatic hydroxyl groups is 1. The Morgan fingerprint density at radius 2 is 2.00 bits per heavy atom. The number of fused-ring (bicyclic) bond motifs is 1. The maximum absolute atomic E-state index is 10.0. The van der Waals surface area contributed by atoms with Gasteiger partial charge in [0.15, 0.2) is 11.5 Å². The lowest BCUT2D eigenvalue weighted by Gasteiger charge is -2.20. The summed E-state index contributed by atoms with van der Waals surface area (Å²) in [6.07, 6.45) is 0. The van der Waals surface area contributed by atoms with Crippen LogP contribution in [0.25, 0.3) is 0 Å². The smallest absolute Gasteiger partial charge is 0.231 e. The van der Waals surface area contributed by atoms with Gasteiger partial charge in [0.05, 0.1) is 12.2 Å². The summed E-state index contributed by atoms with van der Waals surface area (Å²) in [5.74, 6) is 1.31. The molecule has 0 spiro atoms. The lowest BCUT2D eigenvalue weighted by Crippen LogP contribution is -2.16. The van der Waals surface area contributed by atoms with E-state index < -0.39 is 5.60 Å². The summed E-state index contributed by atoms with van der Waals surface area (Å²) in [5.41, 5.74) is 0.728. The largest absolute Gasteiger partial charge is 0.453 e. The second kappa shape index (κ2) is 3.96. The number of benzene rings is 1. The summed E-state index contributed by atoms with van der Waals surface area (Å²) < 4.78 is 15.9. The van der Waals surface area contributed by atoms with Crippen LogP contribution >= 0.6 is 0 Å². The van der Waals surface area contributed by atoms with Gasteiger partial charge in [-0.1, -0.05) is 12.1 Å². The number of hydrogen-bond donors (Lipinski definition) is 1. The van der Waals surface area contributed by atoms with Crippen molar-refractivity contribution in [1.82, 2.24) is 0 Å². The fourth-order valence-electron chi connectivity index (χ4n) is 1.80. The maximum Gasteiger partial charge on any atom is 0.231 e. The Kier molecular flexibility index (Phi) is 2.78. The van der Waals surface area contributed by atoms with Gasteiger partial charge in [0.1, 0.15) is 0 Å². The van der Waals surface area contributed by atoms with Gasteiger partial charge >= 0.3 is 0 Å². The Morgan fingerprint density at radius 1 is 1.31 bits per heavy atom. The molecule has 88 valence electrons. The van der Waals surface area contributed by atoms with E-state index in [4.69, 9.17) is 14.2 Å². The van der Waals surface area contributed by atoms with Crippen LogP contribution in [0.2, 0.25) is 0 Å². The first-order valence-electron chi connectivity index (χ1n) is 5.17. The Hall–Kier alpha value is -1.26. The first-order chi connectivity index (χ1) is 7.54. The molecule has 2 rings (SSSR count). The molecule has 0 amide bonds. The van der Waals surface area contributed by atoms with Gasteiger partial charge in [0, 0.05) is 18.2 Å². The van der Waals surface area contributed by atoms with E-state index in [0.717, 1.165) is 11.1 Å². The first-order valence-corrected chi connectivity index (χ1v) is 5.17. The fraction of sp³-hybridized carbons (Fsp3) is 0.500. The minimum atomic E-state index is -0.941. The van der Waals surface area contributed by atoms with Gasteiger partial charge in [0.2, 0.25) is 6.79 Å². The van der Waals surface area contributed by atoms with E-state index in [1.165, 1.54) is 0 Å². The van der Waals surface area contributed by atoms with Crippen LogP contribution in [0, 0.1) is 0 Å². The molecular weight excluding hydrogens is 208 g/mol. The minimum Gasteiger partial charge on any atom is -0.453 e. The van der Waals surface area contributed by atoms with E-state index in [-0.39, 0.29) is 6.79 Å². The topological polar surface area (TPSA) is 47.9 Å². The van der Waals surface area contributed by atoms with Crippen LogP contribution in [0.5, 0.6) is 11.5 Å². The molecule has 0 fully saturated rings. The van der Waals surface area contributed by atoms with Gasteiger partial charge in [-0.2, -0.15) is 0 Å². The highest BCUT2D eigenvalue weighted by Crippen LogP contribution is 2.43. The molecule has 0 saturated heterocycles. The molecule has 16 heavy (non-hydrogen) atoms. The van der Waals surface area contributed by atoms with Crippen molar-refractivity contribution in [2.45, 2.75) is 26.1 Å². The summed E-state index contributed by atoms with van der Waals surface area (Å²) in [6, 6.07) is 3.74. The van der Waals surface area contributed by atoms with Crippen molar-refractivity contribution in [1.29, 1.82) is 0 Å². The molecule has 0 aliphatic carbocycles. The number of rotatable bonds is 3. The zero-order chi connectivity index (χ0) is 11.8. The van der Waals surface area contributed by atoms with E-state index in [2.05, 4.69) is 0 Å². The van der Waals surface area contributed by atoms with Gasteiger partial charge in [-0.3, -0.25) is 0 Å². The van der Waals surface area contributed by atoms with Crippen LogP contribution in [0.15, 0.2) is 12.1 Å². The molecule has 4 heteroatoms. The second-order valence-electron chi connectivity index (χ2n) is 4.33. The Balaban J connectivity index is 2.49. The monoisotopic (exact) mass is 224 g/mol. The minimum absolute atomic E-state index is 0.194. The van der Waals surface area contributed by atoms with Crippen LogP contribution in [0.1, 0.15) is 25.0 Å². The van der Waals surface area contributed by atoms with Crippen molar-refractivity contribution in [3.05, 3.63) is 23.3 Å². The summed E-state index contributed by atoms with van der Waals surface area (Å²) in [5, 5.41) is 10.0. The van der Waals surface area contributed by atoms with Gasteiger partial charge < -0.3 is 19.3 Å². The van der Waals surface area contributed by atoms with Crippen molar-refractivity contribution in [2.24, 2.45) is 0 Å². The number of methoxy groups -OCH3 is 1. The van der Waals surface area contributed by atoms with Crippen molar-refractivity contribution >= 4 is 0 Å². The molecule has 0 atom stereocenters. The highest BCUT2D eigenvalue weighted by molar-refractivity contribution is 5.54. The highest BCUT2D eigenvalue weighted by Gasteiger charge is 2.28. The first kappa shape index (κ1) is 11.2. The van der Waals surface area contributed by atoms with Gasteiger partial charge in [-0.15, -0.1) is 0 Å². The van der Waals surface area contributed by atoms with E-state index in [1.54, 1.807) is 21.0 Å². The molecule has 0 saturated carbocycles. The third-order valence-corrected chi connectivity index (χ3v) is 2.56. The van der Waals surface area contributed by atoms with E-state index in [0.29, 0.717) is 18.1 Å². The van der Waals surface area contributed by atoms with Gasteiger partial charge in [-0.25, -0.2) is 0 Å². The molecule has 1 aromatic carbocycles. The molecule has 0 aromatic heterocycles. The standard InChI is InChI=1S/C12H16O4/c1-12(2,13)9-5-4-8(6-14-3)10-11(9)16-7-15-10/h4-5,13H,6-7H2,1-3H3. The molecule has 1 heterocycles.